The zero-order chi connectivity index (χ0) is 14.9. The van der Waals surface area contributed by atoms with E-state index < -0.39 is 0 Å². The lowest BCUT2D eigenvalue weighted by atomic mass is 9.96. The van der Waals surface area contributed by atoms with E-state index in [1.54, 1.807) is 12.1 Å². The first-order valence-electron chi connectivity index (χ1n) is 6.90. The Morgan fingerprint density at radius 3 is 2.52 bits per heavy atom. The topological polar surface area (TPSA) is 29.1 Å². The van der Waals surface area contributed by atoms with Gasteiger partial charge in [0.05, 0.1) is 10.6 Å². The summed E-state index contributed by atoms with van der Waals surface area (Å²) >= 11 is 12.1. The molecule has 0 aromatic heterocycles. The molecule has 1 N–H and O–H groups in total. The van der Waals surface area contributed by atoms with E-state index in [2.05, 4.69) is 11.4 Å². The van der Waals surface area contributed by atoms with Crippen molar-refractivity contribution in [1.29, 1.82) is 0 Å². The summed E-state index contributed by atoms with van der Waals surface area (Å²) in [6, 6.07) is 14.9. The van der Waals surface area contributed by atoms with Crippen LogP contribution in [0.1, 0.15) is 28.8 Å². The molecule has 0 aliphatic heterocycles. The van der Waals surface area contributed by atoms with Crippen molar-refractivity contribution in [2.45, 2.75) is 18.3 Å². The van der Waals surface area contributed by atoms with Crippen LogP contribution in [-0.4, -0.2) is 12.5 Å². The Balaban J connectivity index is 1.71. The summed E-state index contributed by atoms with van der Waals surface area (Å²) in [6.07, 6.45) is 2.13. The molecule has 4 heteroatoms. The van der Waals surface area contributed by atoms with Gasteiger partial charge in [0.25, 0.3) is 5.91 Å². The van der Waals surface area contributed by atoms with E-state index in [0.29, 0.717) is 17.1 Å². The molecule has 1 amide bonds. The highest BCUT2D eigenvalue weighted by Gasteiger charge is 2.44. The van der Waals surface area contributed by atoms with Crippen LogP contribution in [0.15, 0.2) is 48.5 Å². The summed E-state index contributed by atoms with van der Waals surface area (Å²) in [5.41, 5.74) is 1.73. The smallest absolute Gasteiger partial charge is 0.252 e. The SMILES string of the molecule is O=C(NCC1(c2cccc(Cl)c2)CC1)c1ccccc1Cl. The van der Waals surface area contributed by atoms with Crippen LogP contribution in [0.5, 0.6) is 0 Å². The molecular weight excluding hydrogens is 305 g/mol. The standard InChI is InChI=1S/C17H15Cl2NO/c18-13-5-3-4-12(10-13)17(8-9-17)11-20-16(21)14-6-1-2-7-15(14)19/h1-7,10H,8-9,11H2,(H,20,21). The van der Waals surface area contributed by atoms with Gasteiger partial charge in [-0.05, 0) is 42.7 Å². The van der Waals surface area contributed by atoms with Gasteiger partial charge in [-0.2, -0.15) is 0 Å². The van der Waals surface area contributed by atoms with Gasteiger partial charge in [-0.1, -0.05) is 47.5 Å². The summed E-state index contributed by atoms with van der Waals surface area (Å²) < 4.78 is 0. The fourth-order valence-corrected chi connectivity index (χ4v) is 2.94. The second kappa shape index (κ2) is 5.70. The van der Waals surface area contributed by atoms with Gasteiger partial charge in [0.2, 0.25) is 0 Å². The fourth-order valence-electron chi connectivity index (χ4n) is 2.53. The highest BCUT2D eigenvalue weighted by atomic mass is 35.5. The quantitative estimate of drug-likeness (QED) is 0.886. The Morgan fingerprint density at radius 1 is 1.10 bits per heavy atom. The Hall–Kier alpha value is -1.51. The third-order valence-corrected chi connectivity index (χ3v) is 4.56. The molecule has 0 bridgehead atoms. The minimum atomic E-state index is -0.131. The molecule has 1 aliphatic carbocycles. The van der Waals surface area contributed by atoms with Gasteiger partial charge >= 0.3 is 0 Å². The molecule has 1 fully saturated rings. The van der Waals surface area contributed by atoms with Gasteiger partial charge < -0.3 is 5.32 Å². The van der Waals surface area contributed by atoms with Crippen molar-refractivity contribution in [2.75, 3.05) is 6.54 Å². The van der Waals surface area contributed by atoms with Crippen LogP contribution < -0.4 is 5.32 Å². The Labute approximate surface area is 134 Å². The van der Waals surface area contributed by atoms with E-state index in [4.69, 9.17) is 23.2 Å². The molecule has 1 aliphatic rings. The molecule has 3 rings (SSSR count). The number of carbonyl (C=O) groups excluding carboxylic acids is 1. The van der Waals surface area contributed by atoms with Crippen molar-refractivity contribution in [3.05, 3.63) is 69.7 Å². The zero-order valence-electron chi connectivity index (χ0n) is 11.4. The first kappa shape index (κ1) is 14.4. The molecule has 0 saturated heterocycles. The first-order chi connectivity index (χ1) is 10.1. The van der Waals surface area contributed by atoms with E-state index in [1.165, 1.54) is 5.56 Å². The molecule has 0 unspecified atom stereocenters. The maximum Gasteiger partial charge on any atom is 0.252 e. The average molecular weight is 320 g/mol. The molecule has 0 radical (unpaired) electrons. The van der Waals surface area contributed by atoms with Crippen molar-refractivity contribution in [3.8, 4) is 0 Å². The number of hydrogen-bond donors (Lipinski definition) is 1. The molecule has 0 atom stereocenters. The molecule has 1 saturated carbocycles. The molecule has 2 aromatic rings. The van der Waals surface area contributed by atoms with Crippen molar-refractivity contribution >= 4 is 29.1 Å². The number of hydrogen-bond acceptors (Lipinski definition) is 1. The van der Waals surface area contributed by atoms with Crippen LogP contribution in [0.4, 0.5) is 0 Å². The van der Waals surface area contributed by atoms with E-state index in [9.17, 15) is 4.79 Å². The van der Waals surface area contributed by atoms with Crippen LogP contribution >= 0.6 is 23.2 Å². The lowest BCUT2D eigenvalue weighted by molar-refractivity contribution is 0.0950. The molecule has 2 aromatic carbocycles. The van der Waals surface area contributed by atoms with Crippen LogP contribution in [-0.2, 0) is 5.41 Å². The normalized spacial score (nSPS) is 15.5. The van der Waals surface area contributed by atoms with Gasteiger partial charge in [0.1, 0.15) is 0 Å². The van der Waals surface area contributed by atoms with Crippen molar-refractivity contribution in [1.82, 2.24) is 5.32 Å². The highest BCUT2D eigenvalue weighted by Crippen LogP contribution is 2.48. The van der Waals surface area contributed by atoms with Crippen LogP contribution in [0, 0.1) is 0 Å². The first-order valence-corrected chi connectivity index (χ1v) is 7.65. The Kier molecular flexibility index (Phi) is 3.92. The van der Waals surface area contributed by atoms with Crippen LogP contribution in [0.25, 0.3) is 0 Å². The number of amides is 1. The van der Waals surface area contributed by atoms with Crippen molar-refractivity contribution in [3.63, 3.8) is 0 Å². The van der Waals surface area contributed by atoms with Crippen LogP contribution in [0.3, 0.4) is 0 Å². The zero-order valence-corrected chi connectivity index (χ0v) is 12.9. The maximum absolute atomic E-state index is 12.2. The van der Waals surface area contributed by atoms with Gasteiger partial charge in [0, 0.05) is 17.0 Å². The molecule has 108 valence electrons. The third-order valence-electron chi connectivity index (χ3n) is 4.00. The van der Waals surface area contributed by atoms with Gasteiger partial charge in [-0.25, -0.2) is 0 Å². The Bertz CT molecular complexity index is 680. The van der Waals surface area contributed by atoms with E-state index >= 15 is 0 Å². The number of rotatable bonds is 4. The lowest BCUT2D eigenvalue weighted by Crippen LogP contribution is -2.32. The Morgan fingerprint density at radius 2 is 1.86 bits per heavy atom. The summed E-state index contributed by atoms with van der Waals surface area (Å²) in [5.74, 6) is -0.131. The number of benzene rings is 2. The minimum absolute atomic E-state index is 0.0296. The predicted octanol–water partition coefficient (Wildman–Crippen LogP) is 4.46. The molecule has 21 heavy (non-hydrogen) atoms. The second-order valence-electron chi connectivity index (χ2n) is 5.45. The predicted molar refractivity (Wildman–Crippen MR) is 86.1 cm³/mol. The minimum Gasteiger partial charge on any atom is -0.351 e. The second-order valence-corrected chi connectivity index (χ2v) is 6.30. The number of halogens is 2. The van der Waals surface area contributed by atoms with Gasteiger partial charge in [-0.15, -0.1) is 0 Å². The lowest BCUT2D eigenvalue weighted by Gasteiger charge is -2.17. The largest absolute Gasteiger partial charge is 0.351 e. The van der Waals surface area contributed by atoms with Crippen molar-refractivity contribution in [2.24, 2.45) is 0 Å². The monoisotopic (exact) mass is 319 g/mol. The van der Waals surface area contributed by atoms with Crippen molar-refractivity contribution < 1.29 is 4.79 Å². The highest BCUT2D eigenvalue weighted by molar-refractivity contribution is 6.33. The molecular formula is C17H15Cl2NO. The van der Waals surface area contributed by atoms with Crippen LogP contribution in [0.2, 0.25) is 10.0 Å². The summed E-state index contributed by atoms with van der Waals surface area (Å²) in [6.45, 7) is 0.609. The molecule has 2 nitrogen and oxygen atoms in total. The van der Waals surface area contributed by atoms with E-state index in [1.807, 2.05) is 30.3 Å². The van der Waals surface area contributed by atoms with Gasteiger partial charge in [0.15, 0.2) is 0 Å². The third kappa shape index (κ3) is 3.07. The van der Waals surface area contributed by atoms with E-state index in [-0.39, 0.29) is 11.3 Å². The fraction of sp³-hybridized carbons (Fsp3) is 0.235. The summed E-state index contributed by atoms with van der Waals surface area (Å²) in [4.78, 5) is 12.2. The number of carbonyl (C=O) groups is 1. The maximum atomic E-state index is 12.2. The molecule has 0 heterocycles. The summed E-state index contributed by atoms with van der Waals surface area (Å²) in [5, 5.41) is 4.20. The van der Waals surface area contributed by atoms with E-state index in [0.717, 1.165) is 17.9 Å². The molecule has 0 spiro atoms. The van der Waals surface area contributed by atoms with Gasteiger partial charge in [-0.3, -0.25) is 4.79 Å². The average Bonchev–Trinajstić information content (AvgIpc) is 3.26. The number of nitrogens with one attached hydrogen (secondary N) is 1. The summed E-state index contributed by atoms with van der Waals surface area (Å²) in [7, 11) is 0.